The Morgan fingerprint density at radius 1 is 1.04 bits per heavy atom. The Balaban J connectivity index is 1.91. The highest BCUT2D eigenvalue weighted by atomic mass is 32.1. The van der Waals surface area contributed by atoms with E-state index in [4.69, 9.17) is 0 Å². The lowest BCUT2D eigenvalue weighted by Crippen LogP contribution is -2.38. The summed E-state index contributed by atoms with van der Waals surface area (Å²) < 4.78 is 0. The van der Waals surface area contributed by atoms with Gasteiger partial charge in [0.1, 0.15) is 0 Å². The van der Waals surface area contributed by atoms with E-state index in [9.17, 15) is 9.59 Å². The van der Waals surface area contributed by atoms with E-state index in [2.05, 4.69) is 24.1 Å². The first-order valence-electron chi connectivity index (χ1n) is 8.97. The zero-order valence-corrected chi connectivity index (χ0v) is 16.5. The fourth-order valence-electron chi connectivity index (χ4n) is 2.84. The summed E-state index contributed by atoms with van der Waals surface area (Å²) in [6, 6.07) is 11.9. The molecule has 0 bridgehead atoms. The van der Waals surface area contributed by atoms with Crippen LogP contribution in [0.15, 0.2) is 41.8 Å². The molecule has 0 aliphatic rings. The van der Waals surface area contributed by atoms with Gasteiger partial charge >= 0.3 is 0 Å². The van der Waals surface area contributed by atoms with Crippen LogP contribution in [0.25, 0.3) is 0 Å². The predicted octanol–water partition coefficient (Wildman–Crippen LogP) is 3.31. The van der Waals surface area contributed by atoms with E-state index in [1.54, 1.807) is 23.2 Å². The van der Waals surface area contributed by atoms with Gasteiger partial charge in [0.25, 0.3) is 0 Å². The quantitative estimate of drug-likeness (QED) is 0.734. The van der Waals surface area contributed by atoms with Gasteiger partial charge in [0, 0.05) is 49.4 Å². The fraction of sp³-hybridized carbons (Fsp3) is 0.400. The second-order valence-electron chi connectivity index (χ2n) is 5.97. The normalized spacial score (nSPS) is 10.4. The molecule has 0 aliphatic heterocycles. The molecule has 0 atom stereocenters. The summed E-state index contributed by atoms with van der Waals surface area (Å²) in [4.78, 5) is 29.0. The van der Waals surface area contributed by atoms with Crippen molar-refractivity contribution in [3.63, 3.8) is 0 Å². The fourth-order valence-corrected chi connectivity index (χ4v) is 3.55. The van der Waals surface area contributed by atoms with Crippen LogP contribution in [0.4, 0.5) is 11.4 Å². The number of rotatable bonds is 9. The van der Waals surface area contributed by atoms with E-state index in [0.29, 0.717) is 19.5 Å². The van der Waals surface area contributed by atoms with Crippen molar-refractivity contribution in [3.05, 3.63) is 46.7 Å². The van der Waals surface area contributed by atoms with Crippen molar-refractivity contribution in [1.82, 2.24) is 5.32 Å². The maximum absolute atomic E-state index is 12.0. The molecule has 1 aromatic carbocycles. The standard InChI is InChI=1S/C20H27N3O2S/c1-4-22(5-2)17-8-10-18(11-9-17)23(16(3)24)13-12-21-20(25)15-19-7-6-14-26-19/h6-11,14H,4-5,12-13,15H2,1-3H3,(H,21,25). The first-order valence-corrected chi connectivity index (χ1v) is 9.85. The van der Waals surface area contributed by atoms with E-state index < -0.39 is 0 Å². The molecule has 2 rings (SSSR count). The first-order chi connectivity index (χ1) is 12.5. The molecule has 26 heavy (non-hydrogen) atoms. The van der Waals surface area contributed by atoms with Crippen LogP contribution in [-0.2, 0) is 16.0 Å². The summed E-state index contributed by atoms with van der Waals surface area (Å²) in [5.41, 5.74) is 1.99. The summed E-state index contributed by atoms with van der Waals surface area (Å²) in [5, 5.41) is 4.85. The van der Waals surface area contributed by atoms with Crippen molar-refractivity contribution in [2.75, 3.05) is 36.0 Å². The third-order valence-electron chi connectivity index (χ3n) is 4.24. The second-order valence-corrected chi connectivity index (χ2v) is 7.00. The smallest absolute Gasteiger partial charge is 0.225 e. The van der Waals surface area contributed by atoms with Crippen LogP contribution >= 0.6 is 11.3 Å². The van der Waals surface area contributed by atoms with Gasteiger partial charge in [-0.25, -0.2) is 0 Å². The van der Waals surface area contributed by atoms with Crippen LogP contribution in [0.3, 0.4) is 0 Å². The van der Waals surface area contributed by atoms with Crippen LogP contribution < -0.4 is 15.1 Å². The lowest BCUT2D eigenvalue weighted by Gasteiger charge is -2.24. The number of hydrogen-bond donors (Lipinski definition) is 1. The minimum absolute atomic E-state index is 0.0205. The average Bonchev–Trinajstić information content (AvgIpc) is 3.13. The Morgan fingerprint density at radius 2 is 1.69 bits per heavy atom. The maximum atomic E-state index is 12.0. The molecule has 0 spiro atoms. The molecule has 2 amide bonds. The molecule has 0 saturated carbocycles. The summed E-state index contributed by atoms with van der Waals surface area (Å²) in [6.45, 7) is 8.57. The SMILES string of the molecule is CCN(CC)c1ccc(N(CCNC(=O)Cc2cccs2)C(C)=O)cc1. The number of amides is 2. The molecule has 0 aliphatic carbocycles. The van der Waals surface area contributed by atoms with Crippen LogP contribution in [0.1, 0.15) is 25.6 Å². The number of nitrogens with one attached hydrogen (secondary N) is 1. The number of carbonyl (C=O) groups excluding carboxylic acids is 2. The molecule has 0 unspecified atom stereocenters. The number of nitrogens with zero attached hydrogens (tertiary/aromatic N) is 2. The Kier molecular flexibility index (Phi) is 7.66. The molecule has 1 aromatic heterocycles. The Bertz CT molecular complexity index is 694. The second kappa shape index (κ2) is 9.97. The molecule has 140 valence electrons. The topological polar surface area (TPSA) is 52.6 Å². The van der Waals surface area contributed by atoms with E-state index in [0.717, 1.165) is 29.3 Å². The summed E-state index contributed by atoms with van der Waals surface area (Å²) in [5.74, 6) is -0.0547. The third kappa shape index (κ3) is 5.59. The van der Waals surface area contributed by atoms with Gasteiger partial charge in [-0.2, -0.15) is 0 Å². The highest BCUT2D eigenvalue weighted by Gasteiger charge is 2.13. The van der Waals surface area contributed by atoms with E-state index in [1.807, 2.05) is 41.8 Å². The van der Waals surface area contributed by atoms with Crippen molar-refractivity contribution < 1.29 is 9.59 Å². The number of hydrogen-bond acceptors (Lipinski definition) is 4. The zero-order valence-electron chi connectivity index (χ0n) is 15.7. The van der Waals surface area contributed by atoms with Crippen molar-refractivity contribution in [3.8, 4) is 0 Å². The highest BCUT2D eigenvalue weighted by molar-refractivity contribution is 7.10. The van der Waals surface area contributed by atoms with Gasteiger partial charge in [0.05, 0.1) is 6.42 Å². The molecule has 0 radical (unpaired) electrons. The Morgan fingerprint density at radius 3 is 2.23 bits per heavy atom. The van der Waals surface area contributed by atoms with Crippen molar-refractivity contribution in [2.45, 2.75) is 27.2 Å². The molecule has 0 saturated heterocycles. The lowest BCUT2D eigenvalue weighted by atomic mass is 10.2. The minimum atomic E-state index is -0.0342. The van der Waals surface area contributed by atoms with Crippen LogP contribution in [0.5, 0.6) is 0 Å². The molecule has 1 heterocycles. The number of anilines is 2. The molecular formula is C20H27N3O2S. The van der Waals surface area contributed by atoms with Gasteiger partial charge in [-0.05, 0) is 49.6 Å². The lowest BCUT2D eigenvalue weighted by molar-refractivity contribution is -0.120. The molecule has 5 nitrogen and oxygen atoms in total. The summed E-state index contributed by atoms with van der Waals surface area (Å²) >= 11 is 1.57. The van der Waals surface area contributed by atoms with Gasteiger partial charge in [0.15, 0.2) is 0 Å². The molecule has 6 heteroatoms. The van der Waals surface area contributed by atoms with Crippen molar-refractivity contribution >= 4 is 34.5 Å². The van der Waals surface area contributed by atoms with Crippen molar-refractivity contribution in [2.24, 2.45) is 0 Å². The minimum Gasteiger partial charge on any atom is -0.372 e. The molecule has 2 aromatic rings. The van der Waals surface area contributed by atoms with Gasteiger partial charge < -0.3 is 15.1 Å². The van der Waals surface area contributed by atoms with Crippen LogP contribution in [-0.4, -0.2) is 38.0 Å². The van der Waals surface area contributed by atoms with E-state index >= 15 is 0 Å². The highest BCUT2D eigenvalue weighted by Crippen LogP contribution is 2.20. The van der Waals surface area contributed by atoms with Crippen molar-refractivity contribution in [1.29, 1.82) is 0 Å². The van der Waals surface area contributed by atoms with Crippen LogP contribution in [0, 0.1) is 0 Å². The number of benzene rings is 1. The van der Waals surface area contributed by atoms with Gasteiger partial charge in [-0.3, -0.25) is 9.59 Å². The summed E-state index contributed by atoms with van der Waals surface area (Å²) in [6.07, 6.45) is 0.385. The van der Waals surface area contributed by atoms with Gasteiger partial charge in [-0.15, -0.1) is 11.3 Å². The van der Waals surface area contributed by atoms with Gasteiger partial charge in [-0.1, -0.05) is 6.07 Å². The monoisotopic (exact) mass is 373 g/mol. The Hall–Kier alpha value is -2.34. The Labute approximate surface area is 159 Å². The summed E-state index contributed by atoms with van der Waals surface area (Å²) in [7, 11) is 0. The average molecular weight is 374 g/mol. The van der Waals surface area contributed by atoms with Gasteiger partial charge in [0.2, 0.25) is 11.8 Å². The van der Waals surface area contributed by atoms with E-state index in [1.165, 1.54) is 0 Å². The first kappa shape index (κ1) is 20.0. The van der Waals surface area contributed by atoms with E-state index in [-0.39, 0.29) is 11.8 Å². The largest absolute Gasteiger partial charge is 0.372 e. The molecular weight excluding hydrogens is 346 g/mol. The zero-order chi connectivity index (χ0) is 18.9. The number of carbonyl (C=O) groups is 2. The third-order valence-corrected chi connectivity index (χ3v) is 5.12. The predicted molar refractivity (Wildman–Crippen MR) is 109 cm³/mol. The molecule has 1 N–H and O–H groups in total. The maximum Gasteiger partial charge on any atom is 0.225 e. The van der Waals surface area contributed by atoms with Crippen LogP contribution in [0.2, 0.25) is 0 Å². The molecule has 0 fully saturated rings. The number of thiophene rings is 1.